The van der Waals surface area contributed by atoms with Crippen LogP contribution in [0.3, 0.4) is 0 Å². The third-order valence-corrected chi connectivity index (χ3v) is 13.7. The molecule has 1 aliphatic heterocycles. The highest BCUT2D eigenvalue weighted by Crippen LogP contribution is 2.60. The summed E-state index contributed by atoms with van der Waals surface area (Å²) in [6.45, 7) is 1.87. The summed E-state index contributed by atoms with van der Waals surface area (Å²) in [5.41, 5.74) is 4.57. The maximum absolute atomic E-state index is 12.9. The van der Waals surface area contributed by atoms with Crippen molar-refractivity contribution in [3.05, 3.63) is 108 Å². The minimum absolute atomic E-state index is 0.0662. The molecule has 7 N–H and O–H groups in total. The van der Waals surface area contributed by atoms with Gasteiger partial charge in [-0.2, -0.15) is 9.29 Å². The van der Waals surface area contributed by atoms with Crippen LogP contribution in [0.25, 0.3) is 0 Å². The van der Waals surface area contributed by atoms with Crippen LogP contribution in [0, 0.1) is 0 Å². The number of esters is 2. The molecule has 412 valence electrons. The summed E-state index contributed by atoms with van der Waals surface area (Å²) in [5.74, 6) is -1.58. The van der Waals surface area contributed by atoms with Crippen molar-refractivity contribution in [3.8, 4) is 0 Å². The fourth-order valence-corrected chi connectivity index (χ4v) is 9.13. The molecular formula is C52H83N3O16P2. The summed E-state index contributed by atoms with van der Waals surface area (Å²) in [6, 6.07) is 1.23. The Hall–Kier alpha value is -4.10. The topological polar surface area (TPSA) is 286 Å². The first-order valence-corrected chi connectivity index (χ1v) is 28.7. The Labute approximate surface area is 431 Å². The van der Waals surface area contributed by atoms with Gasteiger partial charge in [-0.15, -0.1) is 0 Å². The third kappa shape index (κ3) is 32.1. The van der Waals surface area contributed by atoms with Gasteiger partial charge in [0.2, 0.25) is 0 Å². The van der Waals surface area contributed by atoms with E-state index in [1.807, 2.05) is 24.3 Å². The molecule has 1 aromatic rings. The minimum Gasteiger partial charge on any atom is -0.462 e. The zero-order valence-electron chi connectivity index (χ0n) is 42.8. The number of aliphatic hydroxyl groups is 3. The number of aromatic nitrogens is 2. The number of phosphoric ester groups is 2. The zero-order valence-corrected chi connectivity index (χ0v) is 44.6. The molecule has 0 aromatic carbocycles. The number of rotatable bonds is 41. The van der Waals surface area contributed by atoms with E-state index in [1.165, 1.54) is 63.9 Å². The zero-order chi connectivity index (χ0) is 53.6. The average Bonchev–Trinajstić information content (AvgIpc) is 3.62. The van der Waals surface area contributed by atoms with Crippen LogP contribution < -0.4 is 11.4 Å². The lowest BCUT2D eigenvalue weighted by Crippen LogP contribution is -2.36. The van der Waals surface area contributed by atoms with Crippen molar-refractivity contribution >= 4 is 33.4 Å². The second kappa shape index (κ2) is 39.3. The van der Waals surface area contributed by atoms with E-state index in [0.717, 1.165) is 49.3 Å². The number of nitrogens with two attached hydrogens (primary N) is 1. The number of aliphatic hydroxyl groups excluding tert-OH is 3. The Morgan fingerprint density at radius 2 is 1.27 bits per heavy atom. The van der Waals surface area contributed by atoms with Crippen LogP contribution in [0.1, 0.15) is 155 Å². The van der Waals surface area contributed by atoms with Crippen LogP contribution in [0.15, 0.2) is 102 Å². The van der Waals surface area contributed by atoms with Crippen LogP contribution in [0.5, 0.6) is 0 Å². The fraction of sp³-hybridized carbons (Fsp3) is 0.615. The molecule has 21 heteroatoms. The number of ether oxygens (including phenoxy) is 3. The van der Waals surface area contributed by atoms with Crippen LogP contribution >= 0.6 is 15.6 Å². The molecule has 2 rings (SSSR count). The van der Waals surface area contributed by atoms with Crippen LogP contribution in [-0.2, 0) is 46.3 Å². The number of hydrogen-bond acceptors (Lipinski definition) is 16. The monoisotopic (exact) mass is 1070 g/mol. The van der Waals surface area contributed by atoms with E-state index in [2.05, 4.69) is 71.8 Å². The summed E-state index contributed by atoms with van der Waals surface area (Å²) in [4.78, 5) is 61.9. The number of nitrogens with zero attached hydrogens (tertiary/aromatic N) is 2. The van der Waals surface area contributed by atoms with E-state index in [1.54, 1.807) is 12.2 Å². The molecule has 8 atom stereocenters. The number of nitrogen functional groups attached to an aromatic ring is 1. The molecule has 0 bridgehead atoms. The predicted molar refractivity (Wildman–Crippen MR) is 281 cm³/mol. The molecule has 0 saturated carbocycles. The van der Waals surface area contributed by atoms with Crippen molar-refractivity contribution in [1.82, 2.24) is 9.55 Å². The van der Waals surface area contributed by atoms with E-state index in [-0.39, 0.29) is 31.5 Å². The Kier molecular flexibility index (Phi) is 35.0. The largest absolute Gasteiger partial charge is 0.481 e. The van der Waals surface area contributed by atoms with Gasteiger partial charge in [0.25, 0.3) is 0 Å². The summed E-state index contributed by atoms with van der Waals surface area (Å²) in [7, 11) is -11.0. The summed E-state index contributed by atoms with van der Waals surface area (Å²) in [6.07, 6.45) is 38.4. The molecule has 73 heavy (non-hydrogen) atoms. The maximum atomic E-state index is 12.9. The lowest BCUT2D eigenvalue weighted by atomic mass is 10.1. The number of unbranched alkanes of at least 4 members (excludes halogenated alkanes) is 10. The van der Waals surface area contributed by atoms with Gasteiger partial charge in [-0.25, -0.2) is 13.9 Å². The average molecular weight is 1070 g/mol. The van der Waals surface area contributed by atoms with Gasteiger partial charge in [0, 0.05) is 19.0 Å². The Morgan fingerprint density at radius 1 is 0.726 bits per heavy atom. The van der Waals surface area contributed by atoms with E-state index in [4.69, 9.17) is 29.0 Å². The van der Waals surface area contributed by atoms with E-state index < -0.39 is 89.8 Å². The predicted octanol–water partition coefficient (Wildman–Crippen LogP) is 9.64. The van der Waals surface area contributed by atoms with Gasteiger partial charge in [0.05, 0.1) is 19.3 Å². The quantitative estimate of drug-likeness (QED) is 0.0117. The van der Waals surface area contributed by atoms with Crippen molar-refractivity contribution in [2.45, 2.75) is 185 Å². The highest BCUT2D eigenvalue weighted by Gasteiger charge is 2.46. The first kappa shape index (κ1) is 65.0. The smallest absolute Gasteiger partial charge is 0.462 e. The highest BCUT2D eigenvalue weighted by molar-refractivity contribution is 7.61. The number of carbonyl (C=O) groups excluding carboxylic acids is 2. The fourth-order valence-electron chi connectivity index (χ4n) is 7.02. The number of hydrogen-bond donors (Lipinski definition) is 6. The van der Waals surface area contributed by atoms with Crippen LogP contribution in [0.2, 0.25) is 0 Å². The molecule has 2 heterocycles. The highest BCUT2D eigenvalue weighted by atomic mass is 31.3. The molecule has 19 nitrogen and oxygen atoms in total. The van der Waals surface area contributed by atoms with Gasteiger partial charge in [-0.1, -0.05) is 144 Å². The van der Waals surface area contributed by atoms with Crippen molar-refractivity contribution in [2.75, 3.05) is 25.6 Å². The standard InChI is InChI=1S/C52H83N3O16P2/c1-3-5-7-9-11-13-15-17-18-19-20-22-24-26-28-30-32-36-48(58)69-44(40-66-47(57)37-33-35-43(56)34-31-29-27-25-23-21-16-14-12-10-8-6-4-2)41-67-72(62,63)71-73(64,65)68-42-45-49(59)50(60)51(70-45)55-39-38-46(53)54-52(55)61/h12,14,17-18,20-23,26-29,31,34,38-39,43-45,49-51,56,59-60H,3-11,13,15-16,19,24-25,30,32-33,35-37,40-42H2,1-2H3,(H,62,63)(H,64,65)(H2,53,54,61)/b14-12-,18-17-,22-20-,23-21-,28-26-,29-27-,34-31+/t43-,44-,45-,49-,50-,51-/m1/s1. The van der Waals surface area contributed by atoms with Crippen molar-refractivity contribution in [3.63, 3.8) is 0 Å². The van der Waals surface area contributed by atoms with E-state index in [0.29, 0.717) is 12.8 Å². The third-order valence-electron chi connectivity index (χ3n) is 11.1. The second-order valence-electron chi connectivity index (χ2n) is 17.5. The first-order chi connectivity index (χ1) is 35.1. The number of anilines is 1. The Balaban J connectivity index is 1.88. The van der Waals surface area contributed by atoms with Crippen molar-refractivity contribution in [2.24, 2.45) is 0 Å². The normalized spacial score (nSPS) is 20.1. The molecule has 2 unspecified atom stereocenters. The number of phosphoric acid groups is 2. The van der Waals surface area contributed by atoms with Gasteiger partial charge >= 0.3 is 33.3 Å². The molecule has 0 radical (unpaired) electrons. The molecule has 1 aromatic heterocycles. The van der Waals surface area contributed by atoms with Gasteiger partial charge in [-0.3, -0.25) is 23.2 Å². The summed E-state index contributed by atoms with van der Waals surface area (Å²) < 4.78 is 56.5. The number of carbonyl (C=O) groups is 2. The summed E-state index contributed by atoms with van der Waals surface area (Å²) >= 11 is 0. The summed E-state index contributed by atoms with van der Waals surface area (Å²) in [5, 5.41) is 31.3. The van der Waals surface area contributed by atoms with Gasteiger partial charge in [0.15, 0.2) is 12.3 Å². The molecule has 0 aliphatic carbocycles. The molecule has 0 amide bonds. The van der Waals surface area contributed by atoms with Crippen LogP contribution in [-0.4, -0.2) is 96.9 Å². The molecule has 0 spiro atoms. The van der Waals surface area contributed by atoms with Crippen molar-refractivity contribution in [1.29, 1.82) is 0 Å². The van der Waals surface area contributed by atoms with Gasteiger partial charge in [-0.05, 0) is 83.1 Å². The number of allylic oxidation sites excluding steroid dienone is 13. The maximum Gasteiger partial charge on any atom is 0.481 e. The SMILES string of the molecule is CCCCC/C=C\C/C=C\C/C=C\C=C\[C@@H](O)CCCC(=O)OC[C@H](COP(=O)(O)OP(=O)(O)OC[C@H]1O[C@@H](n2ccc(N)nc2=O)[C@H](O)[C@@H]1O)OC(=O)CCC/C=C\C/C=C\C/C=C\CCCCCCCC. The van der Waals surface area contributed by atoms with Gasteiger partial charge in [0.1, 0.15) is 30.7 Å². The first-order valence-electron chi connectivity index (χ1n) is 25.7. The van der Waals surface area contributed by atoms with Crippen LogP contribution in [0.4, 0.5) is 5.82 Å². The second-order valence-corrected chi connectivity index (χ2v) is 20.6. The Bertz CT molecular complexity index is 2070. The lowest BCUT2D eigenvalue weighted by molar-refractivity contribution is -0.161. The van der Waals surface area contributed by atoms with Gasteiger partial charge < -0.3 is 45.1 Å². The molecule has 1 aliphatic rings. The lowest BCUT2D eigenvalue weighted by Gasteiger charge is -2.21. The van der Waals surface area contributed by atoms with E-state index in [9.17, 15) is 48.6 Å². The van der Waals surface area contributed by atoms with E-state index >= 15 is 0 Å². The Morgan fingerprint density at radius 3 is 1.92 bits per heavy atom. The van der Waals surface area contributed by atoms with Crippen molar-refractivity contribution < 1.29 is 71.4 Å². The molecule has 1 saturated heterocycles. The molecular weight excluding hydrogens is 985 g/mol. The molecule has 1 fully saturated rings. The minimum atomic E-state index is -5.48.